The molecule has 0 amide bonds. The van der Waals surface area contributed by atoms with Gasteiger partial charge < -0.3 is 15.8 Å². The predicted octanol–water partition coefficient (Wildman–Crippen LogP) is 2.31. The molecule has 0 aliphatic rings. The van der Waals surface area contributed by atoms with Crippen molar-refractivity contribution in [1.82, 2.24) is 4.98 Å². The Hall–Kier alpha value is -2.56. The molecule has 3 N–H and O–H groups in total. The summed E-state index contributed by atoms with van der Waals surface area (Å²) >= 11 is 0. The summed E-state index contributed by atoms with van der Waals surface area (Å²) in [5.74, 6) is 1.15. The van der Waals surface area contributed by atoms with E-state index in [-0.39, 0.29) is 0 Å². The van der Waals surface area contributed by atoms with Gasteiger partial charge in [-0.25, -0.2) is 0 Å². The third-order valence-electron chi connectivity index (χ3n) is 2.40. The minimum absolute atomic E-state index is 0.326. The molecule has 0 bridgehead atoms. The van der Waals surface area contributed by atoms with Crippen LogP contribution in [0.2, 0.25) is 0 Å². The molecule has 5 heteroatoms. The van der Waals surface area contributed by atoms with Crippen LogP contribution >= 0.6 is 0 Å². The lowest BCUT2D eigenvalue weighted by atomic mass is 10.2. The van der Waals surface area contributed by atoms with Crippen LogP contribution in [0.1, 0.15) is 10.5 Å². The molecule has 0 unspecified atom stereocenters. The molecule has 0 atom stereocenters. The van der Waals surface area contributed by atoms with Gasteiger partial charge in [0.25, 0.3) is 0 Å². The Balaban J connectivity index is 2.22. The number of pyridine rings is 1. The number of nitrogens with one attached hydrogen (secondary N) is 1. The van der Waals surface area contributed by atoms with Gasteiger partial charge in [-0.05, 0) is 18.2 Å². The highest BCUT2D eigenvalue weighted by Gasteiger charge is 2.02. The molecule has 0 fully saturated rings. The summed E-state index contributed by atoms with van der Waals surface area (Å²) in [5.41, 5.74) is 7.59. The highest BCUT2D eigenvalue weighted by molar-refractivity contribution is 5.72. The lowest BCUT2D eigenvalue weighted by Gasteiger charge is -2.09. The number of nitrogen functional groups attached to an aromatic ring is 1. The maximum Gasteiger partial charge on any atom is 0.168 e. The van der Waals surface area contributed by atoms with E-state index in [0.29, 0.717) is 29.2 Å². The van der Waals surface area contributed by atoms with E-state index in [0.717, 1.165) is 5.69 Å². The monoisotopic (exact) mass is 243 g/mol. The van der Waals surface area contributed by atoms with Crippen LogP contribution in [0.4, 0.5) is 11.4 Å². The minimum atomic E-state index is 0.326. The molecule has 1 heterocycles. The van der Waals surface area contributed by atoms with Crippen LogP contribution in [0.15, 0.2) is 36.5 Å². The van der Waals surface area contributed by atoms with Crippen molar-refractivity contribution in [2.45, 2.75) is 0 Å². The predicted molar refractivity (Wildman–Crippen MR) is 70.1 cm³/mol. The van der Waals surface area contributed by atoms with E-state index in [1.165, 1.54) is 6.20 Å². The number of aromatic nitrogens is 1. The average Bonchev–Trinajstić information content (AvgIpc) is 2.39. The van der Waals surface area contributed by atoms with Crippen molar-refractivity contribution in [3.05, 3.63) is 42.2 Å². The topological polar surface area (TPSA) is 77.2 Å². The average molecular weight is 243 g/mol. The zero-order chi connectivity index (χ0) is 13.0. The van der Waals surface area contributed by atoms with Gasteiger partial charge in [0.2, 0.25) is 0 Å². The number of ether oxygens (including phenoxy) is 1. The Kier molecular flexibility index (Phi) is 3.43. The lowest BCUT2D eigenvalue weighted by Crippen LogP contribution is -1.96. The van der Waals surface area contributed by atoms with Crippen molar-refractivity contribution < 1.29 is 9.53 Å². The summed E-state index contributed by atoms with van der Waals surface area (Å²) in [4.78, 5) is 14.5. The fourth-order valence-electron chi connectivity index (χ4n) is 1.52. The number of benzene rings is 1. The van der Waals surface area contributed by atoms with Crippen molar-refractivity contribution in [1.29, 1.82) is 0 Å². The fourth-order valence-corrected chi connectivity index (χ4v) is 1.52. The SMILES string of the molecule is CNc1ccc(Oc2ccnc(C=O)c2)cc1N. The molecular weight excluding hydrogens is 230 g/mol. The van der Waals surface area contributed by atoms with Crippen molar-refractivity contribution >= 4 is 17.7 Å². The molecule has 2 rings (SSSR count). The van der Waals surface area contributed by atoms with E-state index in [1.54, 1.807) is 31.3 Å². The molecule has 0 saturated carbocycles. The summed E-state index contributed by atoms with van der Waals surface area (Å²) in [6.45, 7) is 0. The quantitative estimate of drug-likeness (QED) is 0.636. The molecule has 5 nitrogen and oxygen atoms in total. The highest BCUT2D eigenvalue weighted by atomic mass is 16.5. The molecule has 0 radical (unpaired) electrons. The van der Waals surface area contributed by atoms with Crippen LogP contribution in [-0.4, -0.2) is 18.3 Å². The van der Waals surface area contributed by atoms with Crippen molar-refractivity contribution in [2.75, 3.05) is 18.1 Å². The zero-order valence-corrected chi connectivity index (χ0v) is 9.88. The molecule has 18 heavy (non-hydrogen) atoms. The Labute approximate surface area is 105 Å². The van der Waals surface area contributed by atoms with Gasteiger partial charge in [-0.2, -0.15) is 0 Å². The van der Waals surface area contributed by atoms with Crippen LogP contribution in [0.3, 0.4) is 0 Å². The first kappa shape index (κ1) is 11.9. The third-order valence-corrected chi connectivity index (χ3v) is 2.40. The Morgan fingerprint density at radius 2 is 2.06 bits per heavy atom. The van der Waals surface area contributed by atoms with E-state index in [2.05, 4.69) is 10.3 Å². The van der Waals surface area contributed by atoms with Gasteiger partial charge in [-0.15, -0.1) is 0 Å². The first-order valence-electron chi connectivity index (χ1n) is 5.39. The van der Waals surface area contributed by atoms with Crippen LogP contribution in [0.5, 0.6) is 11.5 Å². The second-order valence-corrected chi connectivity index (χ2v) is 3.64. The highest BCUT2D eigenvalue weighted by Crippen LogP contribution is 2.27. The summed E-state index contributed by atoms with van der Waals surface area (Å²) in [5, 5.41) is 2.97. The first-order chi connectivity index (χ1) is 8.72. The number of hydrogen-bond donors (Lipinski definition) is 2. The number of rotatable bonds is 4. The summed E-state index contributed by atoms with van der Waals surface area (Å²) < 4.78 is 5.59. The lowest BCUT2D eigenvalue weighted by molar-refractivity contribution is 0.111. The number of nitrogens with zero attached hydrogens (tertiary/aromatic N) is 1. The van der Waals surface area contributed by atoms with E-state index in [1.807, 2.05) is 6.07 Å². The second kappa shape index (κ2) is 5.18. The molecule has 0 aliphatic carbocycles. The van der Waals surface area contributed by atoms with Gasteiger partial charge in [-0.1, -0.05) is 0 Å². The Morgan fingerprint density at radius 1 is 1.28 bits per heavy atom. The van der Waals surface area contributed by atoms with Gasteiger partial charge in [0.05, 0.1) is 11.4 Å². The second-order valence-electron chi connectivity index (χ2n) is 3.64. The zero-order valence-electron chi connectivity index (χ0n) is 9.88. The number of hydrogen-bond acceptors (Lipinski definition) is 5. The molecule has 0 aliphatic heterocycles. The molecule has 0 saturated heterocycles. The summed E-state index contributed by atoms with van der Waals surface area (Å²) in [6, 6.07) is 8.58. The van der Waals surface area contributed by atoms with Gasteiger partial charge in [0, 0.05) is 25.4 Å². The van der Waals surface area contributed by atoms with Crippen molar-refractivity contribution in [3.63, 3.8) is 0 Å². The van der Waals surface area contributed by atoms with E-state index >= 15 is 0 Å². The van der Waals surface area contributed by atoms with Gasteiger partial charge >= 0.3 is 0 Å². The maximum absolute atomic E-state index is 10.6. The number of nitrogens with two attached hydrogens (primary N) is 1. The smallest absolute Gasteiger partial charge is 0.168 e. The van der Waals surface area contributed by atoms with Crippen LogP contribution < -0.4 is 15.8 Å². The normalized spacial score (nSPS) is 9.83. The van der Waals surface area contributed by atoms with Crippen molar-refractivity contribution in [3.8, 4) is 11.5 Å². The summed E-state index contributed by atoms with van der Waals surface area (Å²) in [6.07, 6.45) is 2.19. The Bertz CT molecular complexity index is 570. The van der Waals surface area contributed by atoms with Crippen LogP contribution in [0, 0.1) is 0 Å². The summed E-state index contributed by atoms with van der Waals surface area (Å²) in [7, 11) is 1.80. The fraction of sp³-hybridized carbons (Fsp3) is 0.0769. The van der Waals surface area contributed by atoms with E-state index in [4.69, 9.17) is 10.5 Å². The number of carbonyl (C=O) groups is 1. The van der Waals surface area contributed by atoms with Gasteiger partial charge in [0.1, 0.15) is 17.2 Å². The van der Waals surface area contributed by atoms with E-state index < -0.39 is 0 Å². The molecule has 1 aromatic carbocycles. The largest absolute Gasteiger partial charge is 0.457 e. The molecular formula is C13H13N3O2. The molecule has 2 aromatic rings. The number of carbonyl (C=O) groups excluding carboxylic acids is 1. The number of anilines is 2. The Morgan fingerprint density at radius 3 is 2.72 bits per heavy atom. The third kappa shape index (κ3) is 2.57. The molecule has 0 spiro atoms. The van der Waals surface area contributed by atoms with Gasteiger partial charge in [-0.3, -0.25) is 9.78 Å². The van der Waals surface area contributed by atoms with E-state index in [9.17, 15) is 4.79 Å². The standard InChI is InChI=1S/C13H13N3O2/c1-15-13-3-2-10(7-12(13)14)18-11-4-5-16-9(6-11)8-17/h2-8,15H,14H2,1H3. The first-order valence-corrected chi connectivity index (χ1v) is 5.39. The molecule has 1 aromatic heterocycles. The maximum atomic E-state index is 10.6. The van der Waals surface area contributed by atoms with Gasteiger partial charge in [0.15, 0.2) is 6.29 Å². The van der Waals surface area contributed by atoms with Crippen LogP contribution in [0.25, 0.3) is 0 Å². The molecule has 92 valence electrons. The minimum Gasteiger partial charge on any atom is -0.457 e. The van der Waals surface area contributed by atoms with Crippen LogP contribution in [-0.2, 0) is 0 Å². The van der Waals surface area contributed by atoms with Crippen molar-refractivity contribution in [2.24, 2.45) is 0 Å². The number of aldehydes is 1.